The molecule has 0 saturated heterocycles. The van der Waals surface area contributed by atoms with Gasteiger partial charge in [0.1, 0.15) is 5.15 Å². The zero-order chi connectivity index (χ0) is 11.0. The number of carboxylic acids is 1. The van der Waals surface area contributed by atoms with Crippen molar-refractivity contribution in [1.29, 1.82) is 0 Å². The molecule has 80 valence electrons. The Labute approximate surface area is 93.1 Å². The molecule has 1 aromatic heterocycles. The predicted octanol–water partition coefficient (Wildman–Crippen LogP) is 2.56. The average Bonchev–Trinajstić information content (AvgIpc) is 2.17. The molecule has 1 aromatic rings. The van der Waals surface area contributed by atoms with Crippen molar-refractivity contribution < 1.29 is 9.90 Å². The summed E-state index contributed by atoms with van der Waals surface area (Å²) in [7, 11) is 0. The summed E-state index contributed by atoms with van der Waals surface area (Å²) in [5.74, 6) is -0.407. The number of carbonyl (C=O) groups is 1. The maximum absolute atomic E-state index is 10.9. The van der Waals surface area contributed by atoms with Crippen LogP contribution in [0.25, 0.3) is 0 Å². The van der Waals surface area contributed by atoms with Crippen LogP contribution in [0, 0.1) is 5.92 Å². The third-order valence-corrected chi connectivity index (χ3v) is 3.11. The molecule has 3 nitrogen and oxygen atoms in total. The van der Waals surface area contributed by atoms with Gasteiger partial charge in [-0.3, -0.25) is 0 Å². The minimum atomic E-state index is -1.01. The Morgan fingerprint density at radius 2 is 2.40 bits per heavy atom. The van der Waals surface area contributed by atoms with Crippen LogP contribution in [0.15, 0.2) is 6.07 Å². The maximum Gasteiger partial charge on any atom is 0.338 e. The molecule has 1 N–H and O–H groups in total. The van der Waals surface area contributed by atoms with Crippen molar-refractivity contribution in [3.8, 4) is 0 Å². The number of pyridine rings is 1. The molecular weight excluding hydrogens is 214 g/mol. The first kappa shape index (κ1) is 10.4. The van der Waals surface area contributed by atoms with Crippen molar-refractivity contribution in [3.63, 3.8) is 0 Å². The van der Waals surface area contributed by atoms with Gasteiger partial charge < -0.3 is 5.11 Å². The maximum atomic E-state index is 10.9. The van der Waals surface area contributed by atoms with Crippen LogP contribution in [0.5, 0.6) is 0 Å². The van der Waals surface area contributed by atoms with Gasteiger partial charge in [-0.15, -0.1) is 0 Å². The van der Waals surface area contributed by atoms with Crippen LogP contribution in [0.2, 0.25) is 5.15 Å². The summed E-state index contributed by atoms with van der Waals surface area (Å²) < 4.78 is 0. The number of aromatic carboxylic acids is 1. The monoisotopic (exact) mass is 225 g/mol. The second-order valence-electron chi connectivity index (χ2n) is 4.09. The van der Waals surface area contributed by atoms with Crippen molar-refractivity contribution in [2.24, 2.45) is 5.92 Å². The first-order valence-electron chi connectivity index (χ1n) is 4.99. The molecule has 2 rings (SSSR count). The number of carboxylic acid groups (broad SMARTS) is 1. The number of nitrogens with zero attached hydrogens (tertiary/aromatic N) is 1. The molecule has 0 aliphatic heterocycles. The predicted molar refractivity (Wildman–Crippen MR) is 57.4 cm³/mol. The van der Waals surface area contributed by atoms with Crippen molar-refractivity contribution >= 4 is 17.6 Å². The minimum absolute atomic E-state index is 0.107. The van der Waals surface area contributed by atoms with Crippen LogP contribution >= 0.6 is 11.6 Å². The average molecular weight is 226 g/mol. The summed E-state index contributed by atoms with van der Waals surface area (Å²) in [6, 6.07) is 1.67. The van der Waals surface area contributed by atoms with Gasteiger partial charge >= 0.3 is 5.97 Å². The Balaban J connectivity index is 2.47. The van der Waals surface area contributed by atoms with Gasteiger partial charge in [0.25, 0.3) is 0 Å². The lowest BCUT2D eigenvalue weighted by molar-refractivity contribution is 0.0696. The summed E-state index contributed by atoms with van der Waals surface area (Å²) in [4.78, 5) is 15.0. The molecule has 0 aromatic carbocycles. The van der Waals surface area contributed by atoms with E-state index in [4.69, 9.17) is 16.7 Å². The van der Waals surface area contributed by atoms with E-state index in [0.717, 1.165) is 30.5 Å². The molecule has 0 bridgehead atoms. The van der Waals surface area contributed by atoms with Crippen LogP contribution in [0.4, 0.5) is 0 Å². The molecule has 0 fully saturated rings. The summed E-state index contributed by atoms with van der Waals surface area (Å²) in [5.41, 5.74) is 2.11. The van der Waals surface area contributed by atoms with Crippen LogP contribution < -0.4 is 0 Å². The molecule has 0 amide bonds. The molecule has 4 heteroatoms. The Bertz CT molecular complexity index is 417. The van der Waals surface area contributed by atoms with Gasteiger partial charge in [-0.2, -0.15) is 0 Å². The van der Waals surface area contributed by atoms with Crippen molar-refractivity contribution in [1.82, 2.24) is 4.98 Å². The lowest BCUT2D eigenvalue weighted by Gasteiger charge is -2.21. The van der Waals surface area contributed by atoms with Crippen molar-refractivity contribution in [3.05, 3.63) is 28.0 Å². The van der Waals surface area contributed by atoms with E-state index in [1.165, 1.54) is 0 Å². The van der Waals surface area contributed by atoms with E-state index < -0.39 is 5.97 Å². The van der Waals surface area contributed by atoms with Gasteiger partial charge in [0, 0.05) is 5.69 Å². The van der Waals surface area contributed by atoms with E-state index in [0.29, 0.717) is 5.92 Å². The zero-order valence-electron chi connectivity index (χ0n) is 8.46. The third kappa shape index (κ3) is 1.97. The van der Waals surface area contributed by atoms with Gasteiger partial charge in [0.05, 0.1) is 5.56 Å². The topological polar surface area (TPSA) is 50.2 Å². The first-order valence-corrected chi connectivity index (χ1v) is 5.37. The van der Waals surface area contributed by atoms with Crippen LogP contribution in [-0.2, 0) is 12.8 Å². The Morgan fingerprint density at radius 3 is 3.07 bits per heavy atom. The second kappa shape index (κ2) is 3.81. The first-order chi connectivity index (χ1) is 7.08. The highest BCUT2D eigenvalue weighted by Gasteiger charge is 2.20. The summed E-state index contributed by atoms with van der Waals surface area (Å²) in [5, 5.41) is 9.02. The van der Waals surface area contributed by atoms with Crippen LogP contribution in [-0.4, -0.2) is 16.1 Å². The molecule has 1 unspecified atom stereocenters. The molecule has 1 aliphatic carbocycles. The molecular formula is C11H12ClNO2. The van der Waals surface area contributed by atoms with Gasteiger partial charge in [-0.25, -0.2) is 9.78 Å². The van der Waals surface area contributed by atoms with Crippen molar-refractivity contribution in [2.75, 3.05) is 0 Å². The molecule has 1 heterocycles. The van der Waals surface area contributed by atoms with E-state index in [-0.39, 0.29) is 10.7 Å². The minimum Gasteiger partial charge on any atom is -0.478 e. The molecule has 0 spiro atoms. The SMILES string of the molecule is CC1CCc2nc(Cl)c(C(=O)O)cc2C1. The van der Waals surface area contributed by atoms with Crippen LogP contribution in [0.3, 0.4) is 0 Å². The third-order valence-electron chi connectivity index (χ3n) is 2.82. The number of aromatic nitrogens is 1. The van der Waals surface area contributed by atoms with Crippen LogP contribution in [0.1, 0.15) is 35.0 Å². The Hall–Kier alpha value is -1.09. The van der Waals surface area contributed by atoms with E-state index in [1.54, 1.807) is 6.07 Å². The number of rotatable bonds is 1. The largest absolute Gasteiger partial charge is 0.478 e. The van der Waals surface area contributed by atoms with Gasteiger partial charge in [0.15, 0.2) is 0 Å². The quantitative estimate of drug-likeness (QED) is 0.748. The molecule has 0 radical (unpaired) electrons. The van der Waals surface area contributed by atoms with E-state index in [1.807, 2.05) is 0 Å². The number of hydrogen-bond donors (Lipinski definition) is 1. The molecule has 0 saturated carbocycles. The van der Waals surface area contributed by atoms with E-state index in [2.05, 4.69) is 11.9 Å². The second-order valence-corrected chi connectivity index (χ2v) is 4.44. The van der Waals surface area contributed by atoms with Gasteiger partial charge in [-0.1, -0.05) is 18.5 Å². The highest BCUT2D eigenvalue weighted by Crippen LogP contribution is 2.27. The highest BCUT2D eigenvalue weighted by molar-refractivity contribution is 6.32. The molecule has 1 aliphatic rings. The van der Waals surface area contributed by atoms with Crippen molar-refractivity contribution in [2.45, 2.75) is 26.2 Å². The smallest absolute Gasteiger partial charge is 0.338 e. The molecule has 15 heavy (non-hydrogen) atoms. The number of hydrogen-bond acceptors (Lipinski definition) is 2. The fraction of sp³-hybridized carbons (Fsp3) is 0.455. The standard InChI is InChI=1S/C11H12ClNO2/c1-6-2-3-9-7(4-6)5-8(11(14)15)10(12)13-9/h5-6H,2-4H2,1H3,(H,14,15). The lowest BCUT2D eigenvalue weighted by Crippen LogP contribution is -2.15. The van der Waals surface area contributed by atoms with E-state index >= 15 is 0 Å². The number of fused-ring (bicyclic) bond motifs is 1. The fourth-order valence-electron chi connectivity index (χ4n) is 1.97. The lowest BCUT2D eigenvalue weighted by atomic mass is 9.87. The highest BCUT2D eigenvalue weighted by atomic mass is 35.5. The fourth-order valence-corrected chi connectivity index (χ4v) is 2.21. The Morgan fingerprint density at radius 1 is 1.67 bits per heavy atom. The van der Waals surface area contributed by atoms with Gasteiger partial charge in [-0.05, 0) is 36.8 Å². The summed E-state index contributed by atoms with van der Waals surface area (Å²) >= 11 is 5.80. The van der Waals surface area contributed by atoms with E-state index in [9.17, 15) is 4.79 Å². The normalized spacial score (nSPS) is 19.7. The summed E-state index contributed by atoms with van der Waals surface area (Å²) in [6.45, 7) is 2.16. The number of halogens is 1. The zero-order valence-corrected chi connectivity index (χ0v) is 9.21. The van der Waals surface area contributed by atoms with Gasteiger partial charge in [0.2, 0.25) is 0 Å². The Kier molecular flexibility index (Phi) is 2.65. The molecule has 1 atom stereocenters. The summed E-state index contributed by atoms with van der Waals surface area (Å²) in [6.07, 6.45) is 2.90. The number of aryl methyl sites for hydroxylation is 1.